The Kier molecular flexibility index (Phi) is 10.5. The SMILES string of the molecule is CCNC(=O)[C@H](CC)N(CCc1ccccc1)C(=O)CN(c1ccc(CC)cc1)S(=O)(=O)c1ccccc1. The van der Waals surface area contributed by atoms with Gasteiger partial charge in [-0.05, 0) is 61.6 Å². The number of carbonyl (C=O) groups excluding carboxylic acids is 2. The van der Waals surface area contributed by atoms with Crippen LogP contribution in [0.5, 0.6) is 0 Å². The third-order valence-electron chi connectivity index (χ3n) is 6.46. The summed E-state index contributed by atoms with van der Waals surface area (Å²) in [5.74, 6) is -0.681. The molecule has 3 aromatic carbocycles. The van der Waals surface area contributed by atoms with Crippen LogP contribution in [0.4, 0.5) is 5.69 Å². The predicted octanol–water partition coefficient (Wildman–Crippen LogP) is 4.43. The molecule has 3 aromatic rings. The molecule has 0 heterocycles. The Balaban J connectivity index is 1.99. The number of sulfonamides is 1. The summed E-state index contributed by atoms with van der Waals surface area (Å²) in [7, 11) is -4.05. The highest BCUT2D eigenvalue weighted by Crippen LogP contribution is 2.25. The molecule has 7 nitrogen and oxygen atoms in total. The first-order valence-electron chi connectivity index (χ1n) is 13.1. The third kappa shape index (κ3) is 7.22. The Morgan fingerprint density at radius 1 is 0.816 bits per heavy atom. The molecule has 0 fully saturated rings. The highest BCUT2D eigenvalue weighted by atomic mass is 32.2. The Morgan fingerprint density at radius 2 is 1.42 bits per heavy atom. The number of nitrogens with one attached hydrogen (secondary N) is 1. The summed E-state index contributed by atoms with van der Waals surface area (Å²) in [6.45, 7) is 6.00. The van der Waals surface area contributed by atoms with E-state index in [0.717, 1.165) is 21.9 Å². The van der Waals surface area contributed by atoms with E-state index in [1.165, 1.54) is 17.0 Å². The molecule has 0 aliphatic heterocycles. The lowest BCUT2D eigenvalue weighted by atomic mass is 10.1. The van der Waals surface area contributed by atoms with Crippen LogP contribution in [0.1, 0.15) is 38.3 Å². The summed E-state index contributed by atoms with van der Waals surface area (Å²) in [5.41, 5.74) is 2.48. The van der Waals surface area contributed by atoms with Crippen LogP contribution in [-0.2, 0) is 32.5 Å². The Hall–Kier alpha value is -3.65. The van der Waals surface area contributed by atoms with Gasteiger partial charge in [0.1, 0.15) is 12.6 Å². The zero-order valence-electron chi connectivity index (χ0n) is 22.3. The van der Waals surface area contributed by atoms with Crippen molar-refractivity contribution in [1.29, 1.82) is 0 Å². The first-order chi connectivity index (χ1) is 18.3. The number of carbonyl (C=O) groups is 2. The molecule has 0 saturated heterocycles. The van der Waals surface area contributed by atoms with Gasteiger partial charge < -0.3 is 10.2 Å². The number of likely N-dealkylation sites (N-methyl/N-ethyl adjacent to an activating group) is 1. The van der Waals surface area contributed by atoms with Gasteiger partial charge in [0, 0.05) is 13.1 Å². The molecule has 1 atom stereocenters. The van der Waals surface area contributed by atoms with Crippen molar-refractivity contribution >= 4 is 27.5 Å². The summed E-state index contributed by atoms with van der Waals surface area (Å²) >= 11 is 0. The molecule has 0 spiro atoms. The van der Waals surface area contributed by atoms with E-state index in [2.05, 4.69) is 5.32 Å². The van der Waals surface area contributed by atoms with E-state index < -0.39 is 28.5 Å². The van der Waals surface area contributed by atoms with Crippen molar-refractivity contribution in [3.63, 3.8) is 0 Å². The topological polar surface area (TPSA) is 86.8 Å². The molecule has 1 N–H and O–H groups in total. The van der Waals surface area contributed by atoms with Crippen molar-refractivity contribution in [2.45, 2.75) is 51.0 Å². The Labute approximate surface area is 226 Å². The van der Waals surface area contributed by atoms with Crippen molar-refractivity contribution in [2.75, 3.05) is 23.9 Å². The van der Waals surface area contributed by atoms with Gasteiger partial charge in [0.2, 0.25) is 11.8 Å². The molecule has 202 valence electrons. The molecule has 2 amide bonds. The first kappa shape index (κ1) is 28.9. The molecule has 0 aliphatic carbocycles. The summed E-state index contributed by atoms with van der Waals surface area (Å²) in [4.78, 5) is 28.5. The third-order valence-corrected chi connectivity index (χ3v) is 8.25. The van der Waals surface area contributed by atoms with E-state index in [-0.39, 0.29) is 17.3 Å². The average Bonchev–Trinajstić information content (AvgIpc) is 2.95. The minimum Gasteiger partial charge on any atom is -0.355 e. The van der Waals surface area contributed by atoms with Crippen molar-refractivity contribution in [3.05, 3.63) is 96.1 Å². The van der Waals surface area contributed by atoms with Crippen LogP contribution in [-0.4, -0.2) is 50.8 Å². The van der Waals surface area contributed by atoms with Crippen LogP contribution in [0.25, 0.3) is 0 Å². The van der Waals surface area contributed by atoms with Gasteiger partial charge in [-0.3, -0.25) is 13.9 Å². The second-order valence-electron chi connectivity index (χ2n) is 8.99. The van der Waals surface area contributed by atoms with Gasteiger partial charge in [-0.15, -0.1) is 0 Å². The summed E-state index contributed by atoms with van der Waals surface area (Å²) in [5, 5.41) is 2.82. The van der Waals surface area contributed by atoms with E-state index in [4.69, 9.17) is 0 Å². The molecule has 0 aliphatic rings. The fourth-order valence-corrected chi connectivity index (χ4v) is 5.77. The van der Waals surface area contributed by atoms with Crippen LogP contribution in [0.3, 0.4) is 0 Å². The number of nitrogens with zero attached hydrogens (tertiary/aromatic N) is 2. The van der Waals surface area contributed by atoms with E-state index in [1.807, 2.05) is 63.2 Å². The van der Waals surface area contributed by atoms with Gasteiger partial charge in [0.15, 0.2) is 0 Å². The maximum absolute atomic E-state index is 13.9. The number of rotatable bonds is 13. The standard InChI is InChI=1S/C30H37N3O4S/c1-4-24-17-19-26(20-18-24)33(38(36,37)27-15-11-8-12-16-27)23-29(34)32(28(5-2)30(35)31-6-3)22-21-25-13-9-7-10-14-25/h7-20,28H,4-6,21-23H2,1-3H3,(H,31,35)/t28-/m0/s1. The van der Waals surface area contributed by atoms with Crippen LogP contribution < -0.4 is 9.62 Å². The second kappa shape index (κ2) is 13.8. The lowest BCUT2D eigenvalue weighted by Crippen LogP contribution is -2.53. The maximum atomic E-state index is 13.9. The number of hydrogen-bond donors (Lipinski definition) is 1. The van der Waals surface area contributed by atoms with Gasteiger partial charge in [-0.25, -0.2) is 8.42 Å². The summed E-state index contributed by atoms with van der Waals surface area (Å²) < 4.78 is 28.7. The zero-order valence-corrected chi connectivity index (χ0v) is 23.2. The van der Waals surface area contributed by atoms with E-state index in [0.29, 0.717) is 25.1 Å². The first-order valence-corrected chi connectivity index (χ1v) is 14.5. The molecule has 38 heavy (non-hydrogen) atoms. The fourth-order valence-electron chi connectivity index (χ4n) is 4.33. The van der Waals surface area contributed by atoms with Gasteiger partial charge in [-0.2, -0.15) is 0 Å². The number of benzene rings is 3. The fraction of sp³-hybridized carbons (Fsp3) is 0.333. The van der Waals surface area contributed by atoms with E-state index in [1.54, 1.807) is 30.3 Å². The Bertz CT molecular complexity index is 1280. The van der Waals surface area contributed by atoms with Crippen molar-refractivity contribution < 1.29 is 18.0 Å². The lowest BCUT2D eigenvalue weighted by Gasteiger charge is -2.33. The van der Waals surface area contributed by atoms with Gasteiger partial charge in [-0.1, -0.05) is 74.5 Å². The smallest absolute Gasteiger partial charge is 0.264 e. The summed E-state index contributed by atoms with van der Waals surface area (Å²) in [6, 6.07) is 24.3. The number of amides is 2. The summed E-state index contributed by atoms with van der Waals surface area (Å²) in [6.07, 6.45) is 1.75. The minimum atomic E-state index is -4.05. The Morgan fingerprint density at radius 3 is 1.97 bits per heavy atom. The highest BCUT2D eigenvalue weighted by molar-refractivity contribution is 7.92. The predicted molar refractivity (Wildman–Crippen MR) is 151 cm³/mol. The lowest BCUT2D eigenvalue weighted by molar-refractivity contribution is -0.139. The minimum absolute atomic E-state index is 0.0963. The van der Waals surface area contributed by atoms with Crippen molar-refractivity contribution in [3.8, 4) is 0 Å². The largest absolute Gasteiger partial charge is 0.355 e. The van der Waals surface area contributed by atoms with Gasteiger partial charge in [0.05, 0.1) is 10.6 Å². The highest BCUT2D eigenvalue weighted by Gasteiger charge is 2.33. The van der Waals surface area contributed by atoms with Crippen LogP contribution in [0, 0.1) is 0 Å². The van der Waals surface area contributed by atoms with E-state index in [9.17, 15) is 18.0 Å². The van der Waals surface area contributed by atoms with Crippen LogP contribution in [0.15, 0.2) is 89.8 Å². The number of hydrogen-bond acceptors (Lipinski definition) is 4. The molecule has 8 heteroatoms. The molecule has 3 rings (SSSR count). The van der Waals surface area contributed by atoms with Crippen LogP contribution >= 0.6 is 0 Å². The van der Waals surface area contributed by atoms with Gasteiger partial charge in [0.25, 0.3) is 10.0 Å². The normalized spacial score (nSPS) is 12.0. The van der Waals surface area contributed by atoms with E-state index >= 15 is 0 Å². The molecule has 0 unspecified atom stereocenters. The number of anilines is 1. The molecular weight excluding hydrogens is 498 g/mol. The zero-order chi connectivity index (χ0) is 27.5. The quantitative estimate of drug-likeness (QED) is 0.351. The van der Waals surface area contributed by atoms with Crippen molar-refractivity contribution in [2.24, 2.45) is 0 Å². The molecule has 0 bridgehead atoms. The van der Waals surface area contributed by atoms with Crippen LogP contribution in [0.2, 0.25) is 0 Å². The second-order valence-corrected chi connectivity index (χ2v) is 10.8. The number of aryl methyl sites for hydroxylation is 1. The maximum Gasteiger partial charge on any atom is 0.264 e. The molecule has 0 radical (unpaired) electrons. The monoisotopic (exact) mass is 535 g/mol. The van der Waals surface area contributed by atoms with Crippen molar-refractivity contribution in [1.82, 2.24) is 10.2 Å². The molecular formula is C30H37N3O4S. The average molecular weight is 536 g/mol. The molecule has 0 saturated carbocycles. The molecule has 0 aromatic heterocycles. The van der Waals surface area contributed by atoms with Gasteiger partial charge >= 0.3 is 0 Å².